The summed E-state index contributed by atoms with van der Waals surface area (Å²) >= 11 is 0. The van der Waals surface area contributed by atoms with Gasteiger partial charge in [-0.2, -0.15) is 13.2 Å². The summed E-state index contributed by atoms with van der Waals surface area (Å²) in [5.41, 5.74) is 0. The number of carbonyl (C=O) groups is 1. The number of nitrogens with zero attached hydrogens (tertiary/aromatic N) is 1. The van der Waals surface area contributed by atoms with Gasteiger partial charge in [-0.05, 0) is 6.42 Å². The Kier molecular flexibility index (Phi) is 4.28. The van der Waals surface area contributed by atoms with Gasteiger partial charge in [-0.25, -0.2) is 0 Å². The third-order valence-corrected chi connectivity index (χ3v) is 2.02. The van der Waals surface area contributed by atoms with Crippen LogP contribution in [-0.2, 0) is 9.53 Å². The van der Waals surface area contributed by atoms with E-state index in [4.69, 9.17) is 0 Å². The number of nitrogens with one attached hydrogen (secondary N) is 1. The smallest absolute Gasteiger partial charge is 0.372 e. The van der Waals surface area contributed by atoms with Crippen molar-refractivity contribution in [1.29, 1.82) is 0 Å². The second-order valence-corrected chi connectivity index (χ2v) is 3.41. The lowest BCUT2D eigenvalue weighted by molar-refractivity contribution is -0.173. The van der Waals surface area contributed by atoms with Gasteiger partial charge in [0.05, 0.1) is 6.61 Å². The van der Waals surface area contributed by atoms with Crippen molar-refractivity contribution in [1.82, 2.24) is 5.32 Å². The number of hydrogen-bond acceptors (Lipinski definition) is 3. The van der Waals surface area contributed by atoms with Crippen molar-refractivity contribution >= 4 is 11.7 Å². The Morgan fingerprint density at radius 1 is 1.50 bits per heavy atom. The van der Waals surface area contributed by atoms with Gasteiger partial charge in [0.2, 0.25) is 5.91 Å². The first-order valence-corrected chi connectivity index (χ1v) is 4.94. The first-order valence-electron chi connectivity index (χ1n) is 4.94. The van der Waals surface area contributed by atoms with E-state index in [1.807, 2.05) is 6.92 Å². The van der Waals surface area contributed by atoms with Crippen molar-refractivity contribution < 1.29 is 22.7 Å². The predicted octanol–water partition coefficient (Wildman–Crippen LogP) is 1.26. The summed E-state index contributed by atoms with van der Waals surface area (Å²) < 4.78 is 39.5. The van der Waals surface area contributed by atoms with Crippen LogP contribution in [0.4, 0.5) is 13.2 Å². The molecule has 0 aliphatic carbocycles. The largest absolute Gasteiger partial charge is 0.411 e. The average Bonchev–Trinajstić information content (AvgIpc) is 2.52. The molecule has 1 unspecified atom stereocenters. The van der Waals surface area contributed by atoms with Gasteiger partial charge in [0.1, 0.15) is 18.5 Å². The Labute approximate surface area is 90.9 Å². The minimum atomic E-state index is -4.31. The normalized spacial score (nSPS) is 20.9. The number of rotatable bonds is 5. The number of aliphatic imine (C=N–C) groups is 1. The molecule has 7 heteroatoms. The Bertz CT molecular complexity index is 289. The maximum Gasteiger partial charge on any atom is 0.411 e. The first kappa shape index (κ1) is 13.0. The molecule has 0 spiro atoms. The lowest BCUT2D eigenvalue weighted by Gasteiger charge is -2.07. The molecule has 1 heterocycles. The van der Waals surface area contributed by atoms with Crippen LogP contribution < -0.4 is 5.32 Å². The Balaban J connectivity index is 2.22. The molecule has 0 saturated heterocycles. The van der Waals surface area contributed by atoms with Gasteiger partial charge in [-0.15, -0.1) is 0 Å². The molecule has 92 valence electrons. The van der Waals surface area contributed by atoms with Gasteiger partial charge in [-0.1, -0.05) is 6.92 Å². The summed E-state index contributed by atoms with van der Waals surface area (Å²) in [5.74, 6) is 0.201. The molecule has 0 aromatic carbocycles. The highest BCUT2D eigenvalue weighted by atomic mass is 19.4. The summed E-state index contributed by atoms with van der Waals surface area (Å²) in [4.78, 5) is 15.2. The zero-order chi connectivity index (χ0) is 12.2. The van der Waals surface area contributed by atoms with Crippen molar-refractivity contribution in [3.8, 4) is 0 Å². The predicted molar refractivity (Wildman–Crippen MR) is 51.1 cm³/mol. The van der Waals surface area contributed by atoms with Crippen LogP contribution in [-0.4, -0.2) is 37.2 Å². The molecular weight excluding hydrogens is 225 g/mol. The minimum absolute atomic E-state index is 0.102. The summed E-state index contributed by atoms with van der Waals surface area (Å²) in [6.07, 6.45) is -3.54. The zero-order valence-electron chi connectivity index (χ0n) is 8.80. The molecule has 1 aliphatic heterocycles. The van der Waals surface area contributed by atoms with E-state index in [2.05, 4.69) is 15.0 Å². The molecule has 0 saturated carbocycles. The summed E-state index contributed by atoms with van der Waals surface area (Å²) in [5, 5.41) is 2.50. The minimum Gasteiger partial charge on any atom is -0.372 e. The van der Waals surface area contributed by atoms with Crippen LogP contribution in [0.5, 0.6) is 0 Å². The standard InChI is InChI=1S/C9H13F3N2O2/c1-2-6-8(15)14-7(13-6)3-4-16-5-9(10,11)12/h6H,2-5H2,1H3,(H,13,14,15). The zero-order valence-corrected chi connectivity index (χ0v) is 8.80. The number of amidine groups is 1. The van der Waals surface area contributed by atoms with Crippen molar-refractivity contribution in [2.45, 2.75) is 32.0 Å². The molecule has 16 heavy (non-hydrogen) atoms. The fraction of sp³-hybridized carbons (Fsp3) is 0.778. The molecule has 0 radical (unpaired) electrons. The van der Waals surface area contributed by atoms with E-state index in [-0.39, 0.29) is 18.9 Å². The molecule has 0 bridgehead atoms. The molecule has 1 amide bonds. The van der Waals surface area contributed by atoms with Crippen LogP contribution >= 0.6 is 0 Å². The first-order chi connectivity index (χ1) is 7.42. The summed E-state index contributed by atoms with van der Waals surface area (Å²) in [6, 6.07) is -0.405. The van der Waals surface area contributed by atoms with Crippen LogP contribution in [0.25, 0.3) is 0 Å². The molecule has 4 nitrogen and oxygen atoms in total. The average molecular weight is 238 g/mol. The molecular formula is C9H13F3N2O2. The Hall–Kier alpha value is -1.11. The van der Waals surface area contributed by atoms with Gasteiger partial charge in [0, 0.05) is 6.42 Å². The van der Waals surface area contributed by atoms with E-state index in [0.717, 1.165) is 0 Å². The lowest BCUT2D eigenvalue weighted by Crippen LogP contribution is -2.29. The van der Waals surface area contributed by atoms with E-state index >= 15 is 0 Å². The van der Waals surface area contributed by atoms with Crippen LogP contribution in [0.2, 0.25) is 0 Å². The highest BCUT2D eigenvalue weighted by Gasteiger charge is 2.28. The third-order valence-electron chi connectivity index (χ3n) is 2.02. The van der Waals surface area contributed by atoms with Crippen LogP contribution in [0.1, 0.15) is 19.8 Å². The maximum atomic E-state index is 11.7. The summed E-state index contributed by atoms with van der Waals surface area (Å²) in [6.45, 7) is 0.442. The topological polar surface area (TPSA) is 50.7 Å². The Morgan fingerprint density at radius 2 is 2.19 bits per heavy atom. The van der Waals surface area contributed by atoms with Gasteiger partial charge in [0.25, 0.3) is 0 Å². The lowest BCUT2D eigenvalue weighted by atomic mass is 10.2. The second kappa shape index (κ2) is 5.29. The second-order valence-electron chi connectivity index (χ2n) is 3.41. The maximum absolute atomic E-state index is 11.7. The summed E-state index contributed by atoms with van der Waals surface area (Å²) in [7, 11) is 0. The van der Waals surface area contributed by atoms with Crippen LogP contribution in [0.15, 0.2) is 4.99 Å². The number of alkyl halides is 3. The highest BCUT2D eigenvalue weighted by molar-refractivity contribution is 6.05. The third kappa shape index (κ3) is 4.18. The fourth-order valence-corrected chi connectivity index (χ4v) is 1.27. The van der Waals surface area contributed by atoms with E-state index in [0.29, 0.717) is 12.3 Å². The molecule has 1 rings (SSSR count). The van der Waals surface area contributed by atoms with Crippen molar-refractivity contribution in [2.24, 2.45) is 4.99 Å². The van der Waals surface area contributed by atoms with Crippen LogP contribution in [0, 0.1) is 0 Å². The van der Waals surface area contributed by atoms with Crippen molar-refractivity contribution in [3.63, 3.8) is 0 Å². The molecule has 0 aromatic rings. The van der Waals surface area contributed by atoms with Gasteiger partial charge in [-0.3, -0.25) is 9.79 Å². The van der Waals surface area contributed by atoms with E-state index in [1.54, 1.807) is 0 Å². The number of ether oxygens (including phenoxy) is 1. The molecule has 0 aromatic heterocycles. The number of hydrogen-bond donors (Lipinski definition) is 1. The van der Waals surface area contributed by atoms with Crippen LogP contribution in [0.3, 0.4) is 0 Å². The van der Waals surface area contributed by atoms with Gasteiger partial charge >= 0.3 is 6.18 Å². The van der Waals surface area contributed by atoms with E-state index < -0.39 is 18.8 Å². The van der Waals surface area contributed by atoms with Crippen molar-refractivity contribution in [2.75, 3.05) is 13.2 Å². The van der Waals surface area contributed by atoms with E-state index in [1.165, 1.54) is 0 Å². The molecule has 1 atom stereocenters. The van der Waals surface area contributed by atoms with E-state index in [9.17, 15) is 18.0 Å². The van der Waals surface area contributed by atoms with Gasteiger partial charge < -0.3 is 10.1 Å². The number of amides is 1. The molecule has 1 aliphatic rings. The number of halogens is 3. The highest BCUT2D eigenvalue weighted by Crippen LogP contribution is 2.14. The monoisotopic (exact) mass is 238 g/mol. The SMILES string of the molecule is CCC1N=C(CCOCC(F)(F)F)NC1=O. The molecule has 0 fully saturated rings. The fourth-order valence-electron chi connectivity index (χ4n) is 1.27. The van der Waals surface area contributed by atoms with Gasteiger partial charge in [0.15, 0.2) is 0 Å². The van der Waals surface area contributed by atoms with Crippen molar-refractivity contribution in [3.05, 3.63) is 0 Å². The Morgan fingerprint density at radius 3 is 2.69 bits per heavy atom. The quantitative estimate of drug-likeness (QED) is 0.733. The molecule has 1 N–H and O–H groups in total. The number of carbonyl (C=O) groups excluding carboxylic acids is 1.